The molecule has 0 spiro atoms. The van der Waals surface area contributed by atoms with Gasteiger partial charge in [-0.15, -0.1) is 0 Å². The van der Waals surface area contributed by atoms with E-state index in [-0.39, 0.29) is 5.75 Å². The average Bonchev–Trinajstić information content (AvgIpc) is 2.46. The molecule has 3 N–H and O–H groups in total. The van der Waals surface area contributed by atoms with Crippen LogP contribution in [0.25, 0.3) is 0 Å². The van der Waals surface area contributed by atoms with E-state index in [1.54, 1.807) is 6.07 Å². The monoisotopic (exact) mass is 283 g/mol. The van der Waals surface area contributed by atoms with Gasteiger partial charge in [-0.25, -0.2) is 4.39 Å². The molecule has 1 fully saturated rings. The maximum absolute atomic E-state index is 13.4. The minimum Gasteiger partial charge on any atom is -0.494 e. The summed E-state index contributed by atoms with van der Waals surface area (Å²) in [6.07, 6.45) is 0.999. The molecule has 0 saturated carbocycles. The van der Waals surface area contributed by atoms with E-state index in [4.69, 9.17) is 15.2 Å². The first-order valence-corrected chi connectivity index (χ1v) is 6.87. The summed E-state index contributed by atoms with van der Waals surface area (Å²) in [6, 6.07) is 2.88. The molecule has 1 aromatic rings. The lowest BCUT2D eigenvalue weighted by Crippen LogP contribution is -2.37. The molecular weight excluding hydrogens is 261 g/mol. The van der Waals surface area contributed by atoms with Crippen LogP contribution in [0.4, 0.5) is 15.8 Å². The van der Waals surface area contributed by atoms with Gasteiger partial charge in [0.25, 0.3) is 0 Å². The highest BCUT2D eigenvalue weighted by atomic mass is 19.1. The molecule has 0 atom stereocenters. The van der Waals surface area contributed by atoms with Crippen molar-refractivity contribution in [3.63, 3.8) is 0 Å². The summed E-state index contributed by atoms with van der Waals surface area (Å²) < 4.78 is 23.7. The van der Waals surface area contributed by atoms with E-state index in [0.29, 0.717) is 11.4 Å². The van der Waals surface area contributed by atoms with Crippen LogP contribution in [0, 0.1) is 5.82 Å². The first-order chi connectivity index (χ1) is 9.70. The second kappa shape index (κ2) is 7.31. The third-order valence-electron chi connectivity index (χ3n) is 3.39. The van der Waals surface area contributed by atoms with Crippen molar-refractivity contribution in [2.75, 3.05) is 57.6 Å². The Balaban J connectivity index is 1.78. The van der Waals surface area contributed by atoms with Gasteiger partial charge >= 0.3 is 0 Å². The summed E-state index contributed by atoms with van der Waals surface area (Å²) in [5.41, 5.74) is 6.90. The van der Waals surface area contributed by atoms with Crippen molar-refractivity contribution in [1.29, 1.82) is 0 Å². The summed E-state index contributed by atoms with van der Waals surface area (Å²) in [5, 5.41) is 3.22. The van der Waals surface area contributed by atoms with Crippen LogP contribution in [0.2, 0.25) is 0 Å². The molecule has 0 bridgehead atoms. The third-order valence-corrected chi connectivity index (χ3v) is 3.39. The van der Waals surface area contributed by atoms with Gasteiger partial charge in [-0.05, 0) is 13.0 Å². The van der Waals surface area contributed by atoms with Crippen molar-refractivity contribution in [1.82, 2.24) is 4.90 Å². The molecule has 1 aromatic carbocycles. The lowest BCUT2D eigenvalue weighted by Gasteiger charge is -2.26. The molecule has 112 valence electrons. The fourth-order valence-corrected chi connectivity index (χ4v) is 2.23. The van der Waals surface area contributed by atoms with Crippen LogP contribution in [0.5, 0.6) is 5.75 Å². The van der Waals surface area contributed by atoms with Crippen molar-refractivity contribution >= 4 is 11.4 Å². The van der Waals surface area contributed by atoms with E-state index in [2.05, 4.69) is 10.2 Å². The van der Waals surface area contributed by atoms with E-state index in [1.807, 2.05) is 0 Å². The summed E-state index contributed by atoms with van der Waals surface area (Å²) in [7, 11) is 1.44. The minimum absolute atomic E-state index is 0.204. The Morgan fingerprint density at radius 2 is 2.15 bits per heavy atom. The molecule has 1 saturated heterocycles. The Kier molecular flexibility index (Phi) is 5.43. The number of rotatable bonds is 6. The Hall–Kier alpha value is -1.53. The van der Waals surface area contributed by atoms with E-state index in [1.165, 1.54) is 13.2 Å². The van der Waals surface area contributed by atoms with Crippen LogP contribution < -0.4 is 15.8 Å². The molecule has 1 heterocycles. The number of halogens is 1. The van der Waals surface area contributed by atoms with E-state index in [0.717, 1.165) is 45.8 Å². The summed E-state index contributed by atoms with van der Waals surface area (Å²) in [5.74, 6) is -0.237. The van der Waals surface area contributed by atoms with Gasteiger partial charge in [0.1, 0.15) is 0 Å². The van der Waals surface area contributed by atoms with Crippen LogP contribution in [0.15, 0.2) is 12.1 Å². The normalized spacial score (nSPS) is 16.1. The second-order valence-electron chi connectivity index (χ2n) is 4.81. The standard InChI is InChI=1S/C14H22FN3O2/c1-19-14-10-13(12(16)9-11(14)15)17-3-2-4-18-5-7-20-8-6-18/h9-10,17H,2-8,16H2,1H3. The molecular formula is C14H22FN3O2. The fraction of sp³-hybridized carbons (Fsp3) is 0.571. The maximum atomic E-state index is 13.4. The van der Waals surface area contributed by atoms with Crippen molar-refractivity contribution in [3.05, 3.63) is 17.9 Å². The van der Waals surface area contributed by atoms with Gasteiger partial charge in [0.15, 0.2) is 11.6 Å². The number of nitrogen functional groups attached to an aromatic ring is 1. The highest BCUT2D eigenvalue weighted by Gasteiger charge is 2.10. The van der Waals surface area contributed by atoms with Gasteiger partial charge in [0.05, 0.1) is 31.7 Å². The van der Waals surface area contributed by atoms with Crippen LogP contribution in [0.3, 0.4) is 0 Å². The number of benzene rings is 1. The van der Waals surface area contributed by atoms with Crippen LogP contribution in [-0.2, 0) is 4.74 Å². The van der Waals surface area contributed by atoms with Gasteiger partial charge < -0.3 is 20.5 Å². The highest BCUT2D eigenvalue weighted by molar-refractivity contribution is 5.68. The number of hydrogen-bond acceptors (Lipinski definition) is 5. The van der Waals surface area contributed by atoms with Crippen molar-refractivity contribution in [3.8, 4) is 5.75 Å². The second-order valence-corrected chi connectivity index (χ2v) is 4.81. The molecule has 0 radical (unpaired) electrons. The first-order valence-electron chi connectivity index (χ1n) is 6.87. The molecule has 5 nitrogen and oxygen atoms in total. The van der Waals surface area contributed by atoms with Crippen LogP contribution >= 0.6 is 0 Å². The Labute approximate surface area is 118 Å². The summed E-state index contributed by atoms with van der Waals surface area (Å²) in [6.45, 7) is 5.43. The van der Waals surface area contributed by atoms with Gasteiger partial charge in [-0.3, -0.25) is 4.90 Å². The first kappa shape index (κ1) is 14.9. The number of morpholine rings is 1. The van der Waals surface area contributed by atoms with E-state index >= 15 is 0 Å². The Morgan fingerprint density at radius 1 is 1.40 bits per heavy atom. The molecule has 1 aliphatic rings. The number of nitrogens with two attached hydrogens (primary N) is 1. The van der Waals surface area contributed by atoms with Gasteiger partial charge in [-0.2, -0.15) is 0 Å². The zero-order chi connectivity index (χ0) is 14.4. The van der Waals surface area contributed by atoms with Crippen molar-refractivity contribution < 1.29 is 13.9 Å². The van der Waals surface area contributed by atoms with Gasteiger partial charge in [0.2, 0.25) is 0 Å². The zero-order valence-corrected chi connectivity index (χ0v) is 11.8. The average molecular weight is 283 g/mol. The molecule has 0 aromatic heterocycles. The number of anilines is 2. The lowest BCUT2D eigenvalue weighted by molar-refractivity contribution is 0.0378. The quantitative estimate of drug-likeness (QED) is 0.613. The van der Waals surface area contributed by atoms with Crippen LogP contribution in [0.1, 0.15) is 6.42 Å². The third kappa shape index (κ3) is 3.98. The number of ether oxygens (including phenoxy) is 2. The molecule has 2 rings (SSSR count). The van der Waals surface area contributed by atoms with Crippen molar-refractivity contribution in [2.24, 2.45) is 0 Å². The van der Waals surface area contributed by atoms with Gasteiger partial charge in [0, 0.05) is 31.8 Å². The largest absolute Gasteiger partial charge is 0.494 e. The van der Waals surface area contributed by atoms with Crippen molar-refractivity contribution in [2.45, 2.75) is 6.42 Å². The molecule has 6 heteroatoms. The SMILES string of the molecule is COc1cc(NCCCN2CCOCC2)c(N)cc1F. The van der Waals surface area contributed by atoms with Gasteiger partial charge in [-0.1, -0.05) is 0 Å². The predicted molar refractivity (Wildman–Crippen MR) is 77.7 cm³/mol. The predicted octanol–water partition coefficient (Wildman–Crippen LogP) is 1.55. The Bertz CT molecular complexity index is 437. The topological polar surface area (TPSA) is 59.8 Å². The minimum atomic E-state index is -0.441. The Morgan fingerprint density at radius 3 is 2.85 bits per heavy atom. The summed E-state index contributed by atoms with van der Waals surface area (Å²) in [4.78, 5) is 2.37. The molecule has 0 unspecified atom stereocenters. The smallest absolute Gasteiger partial charge is 0.167 e. The maximum Gasteiger partial charge on any atom is 0.167 e. The number of nitrogens with zero attached hydrogens (tertiary/aromatic N) is 1. The molecule has 20 heavy (non-hydrogen) atoms. The molecule has 0 aliphatic carbocycles. The fourth-order valence-electron chi connectivity index (χ4n) is 2.23. The number of nitrogens with one attached hydrogen (secondary N) is 1. The molecule has 0 amide bonds. The zero-order valence-electron chi connectivity index (χ0n) is 11.8. The lowest BCUT2D eigenvalue weighted by atomic mass is 10.2. The van der Waals surface area contributed by atoms with E-state index < -0.39 is 5.82 Å². The van der Waals surface area contributed by atoms with E-state index in [9.17, 15) is 4.39 Å². The molecule has 1 aliphatic heterocycles. The number of methoxy groups -OCH3 is 1. The number of hydrogen-bond donors (Lipinski definition) is 2. The summed E-state index contributed by atoms with van der Waals surface area (Å²) >= 11 is 0. The van der Waals surface area contributed by atoms with Crippen LogP contribution in [-0.4, -0.2) is 51.4 Å². The highest BCUT2D eigenvalue weighted by Crippen LogP contribution is 2.27.